The normalized spacial score (nSPS) is 10.5. The first kappa shape index (κ1) is 15.1. The van der Waals surface area contributed by atoms with Gasteiger partial charge >= 0.3 is 0 Å². The second-order valence-electron chi connectivity index (χ2n) is 4.07. The number of hydrogen-bond acceptors (Lipinski definition) is 5. The molecule has 2 aromatic rings. The molecule has 6 heteroatoms. The molecule has 2 rings (SSSR count). The van der Waals surface area contributed by atoms with Gasteiger partial charge in [-0.15, -0.1) is 22.0 Å². The molecule has 0 unspecified atom stereocenters. The van der Waals surface area contributed by atoms with Crippen LogP contribution in [0, 0.1) is 0 Å². The number of rotatable bonds is 7. The van der Waals surface area contributed by atoms with Gasteiger partial charge in [0.05, 0.1) is 13.2 Å². The Morgan fingerprint density at radius 2 is 1.95 bits per heavy atom. The Morgan fingerprint density at radius 1 is 1.15 bits per heavy atom. The Balaban J connectivity index is 1.64. The Morgan fingerprint density at radius 3 is 2.60 bits per heavy atom. The third kappa shape index (κ3) is 5.00. The lowest BCUT2D eigenvalue weighted by atomic mass is 10.2. The summed E-state index contributed by atoms with van der Waals surface area (Å²) < 4.78 is 5.57. The van der Waals surface area contributed by atoms with Crippen molar-refractivity contribution in [3.8, 4) is 0 Å². The Labute approximate surface area is 127 Å². The molecule has 0 bridgehead atoms. The predicted molar refractivity (Wildman–Crippen MR) is 83.4 cm³/mol. The van der Waals surface area contributed by atoms with E-state index in [0.29, 0.717) is 19.8 Å². The average Bonchev–Trinajstić information content (AvgIpc) is 2.49. The fraction of sp³-hybridized carbons (Fsp3) is 0.286. The first-order valence-electron chi connectivity index (χ1n) is 6.22. The molecule has 0 aliphatic rings. The van der Waals surface area contributed by atoms with Crippen LogP contribution in [0.3, 0.4) is 0 Å². The number of benzene rings is 1. The van der Waals surface area contributed by atoms with E-state index in [9.17, 15) is 0 Å². The molecule has 0 fully saturated rings. The van der Waals surface area contributed by atoms with Gasteiger partial charge in [-0.3, -0.25) is 0 Å². The summed E-state index contributed by atoms with van der Waals surface area (Å²) in [6.45, 7) is 1.88. The monoisotopic (exact) mass is 309 g/mol. The van der Waals surface area contributed by atoms with Crippen LogP contribution in [0.4, 0.5) is 5.82 Å². The SMILES string of the molecule is CSc1ccc(NCCOCc2ccc(Cl)cc2)nn1. The van der Waals surface area contributed by atoms with Gasteiger partial charge in [-0.1, -0.05) is 23.7 Å². The van der Waals surface area contributed by atoms with Gasteiger partial charge in [0.1, 0.15) is 10.8 Å². The van der Waals surface area contributed by atoms with E-state index in [1.807, 2.05) is 42.7 Å². The highest BCUT2D eigenvalue weighted by atomic mass is 35.5. The van der Waals surface area contributed by atoms with Crippen molar-refractivity contribution in [1.29, 1.82) is 0 Å². The number of thioether (sulfide) groups is 1. The van der Waals surface area contributed by atoms with Crippen molar-refractivity contribution in [1.82, 2.24) is 10.2 Å². The fourth-order valence-corrected chi connectivity index (χ4v) is 2.00. The molecule has 1 N–H and O–H groups in total. The van der Waals surface area contributed by atoms with Gasteiger partial charge in [-0.05, 0) is 36.1 Å². The number of nitrogens with one attached hydrogen (secondary N) is 1. The summed E-state index contributed by atoms with van der Waals surface area (Å²) in [6.07, 6.45) is 1.97. The molecule has 0 spiro atoms. The van der Waals surface area contributed by atoms with Crippen molar-refractivity contribution in [2.24, 2.45) is 0 Å². The first-order chi connectivity index (χ1) is 9.78. The van der Waals surface area contributed by atoms with Crippen LogP contribution in [0.5, 0.6) is 0 Å². The lowest BCUT2D eigenvalue weighted by Gasteiger charge is -2.06. The number of nitrogens with zero attached hydrogens (tertiary/aromatic N) is 2. The van der Waals surface area contributed by atoms with Crippen LogP contribution < -0.4 is 5.32 Å². The molecule has 20 heavy (non-hydrogen) atoms. The predicted octanol–water partition coefficient (Wildman–Crippen LogP) is 3.48. The topological polar surface area (TPSA) is 47.0 Å². The minimum Gasteiger partial charge on any atom is -0.375 e. The van der Waals surface area contributed by atoms with Gasteiger partial charge in [-0.2, -0.15) is 0 Å². The molecule has 0 radical (unpaired) electrons. The van der Waals surface area contributed by atoms with Crippen LogP contribution in [0.25, 0.3) is 0 Å². The number of anilines is 1. The van der Waals surface area contributed by atoms with Crippen molar-refractivity contribution >= 4 is 29.2 Å². The molecule has 0 aliphatic heterocycles. The zero-order valence-electron chi connectivity index (χ0n) is 11.2. The van der Waals surface area contributed by atoms with Crippen molar-refractivity contribution < 1.29 is 4.74 Å². The minimum absolute atomic E-state index is 0.579. The number of hydrogen-bond donors (Lipinski definition) is 1. The molecule has 0 aliphatic carbocycles. The van der Waals surface area contributed by atoms with E-state index < -0.39 is 0 Å². The van der Waals surface area contributed by atoms with Crippen LogP contribution in [-0.4, -0.2) is 29.6 Å². The highest BCUT2D eigenvalue weighted by Crippen LogP contribution is 2.11. The van der Waals surface area contributed by atoms with E-state index in [1.165, 1.54) is 0 Å². The maximum atomic E-state index is 5.82. The van der Waals surface area contributed by atoms with Crippen molar-refractivity contribution in [2.45, 2.75) is 11.6 Å². The molecular formula is C14H16ClN3OS. The molecule has 1 heterocycles. The average molecular weight is 310 g/mol. The second kappa shape index (κ2) is 8.09. The summed E-state index contributed by atoms with van der Waals surface area (Å²) in [5, 5.41) is 12.9. The Bertz CT molecular complexity index is 519. The molecule has 0 saturated carbocycles. The van der Waals surface area contributed by atoms with Crippen LogP contribution in [0.2, 0.25) is 5.02 Å². The van der Waals surface area contributed by atoms with Crippen LogP contribution in [0.1, 0.15) is 5.56 Å². The van der Waals surface area contributed by atoms with Crippen molar-refractivity contribution in [2.75, 3.05) is 24.7 Å². The second-order valence-corrected chi connectivity index (χ2v) is 5.33. The van der Waals surface area contributed by atoms with Crippen molar-refractivity contribution in [3.63, 3.8) is 0 Å². The Kier molecular flexibility index (Phi) is 6.11. The maximum absolute atomic E-state index is 5.82. The third-order valence-electron chi connectivity index (χ3n) is 2.58. The highest BCUT2D eigenvalue weighted by Gasteiger charge is 1.97. The smallest absolute Gasteiger partial charge is 0.148 e. The lowest BCUT2D eigenvalue weighted by Crippen LogP contribution is -2.10. The van der Waals surface area contributed by atoms with Crippen LogP contribution >= 0.6 is 23.4 Å². The van der Waals surface area contributed by atoms with E-state index in [-0.39, 0.29) is 0 Å². The first-order valence-corrected chi connectivity index (χ1v) is 7.82. The molecule has 1 aromatic heterocycles. The van der Waals surface area contributed by atoms with E-state index in [2.05, 4.69) is 15.5 Å². The number of halogens is 1. The van der Waals surface area contributed by atoms with E-state index >= 15 is 0 Å². The van der Waals surface area contributed by atoms with Gasteiger partial charge in [-0.25, -0.2) is 0 Å². The number of ether oxygens (including phenoxy) is 1. The quantitative estimate of drug-likeness (QED) is 0.627. The molecule has 0 amide bonds. The van der Waals surface area contributed by atoms with Gasteiger partial charge in [0.2, 0.25) is 0 Å². The highest BCUT2D eigenvalue weighted by molar-refractivity contribution is 7.98. The van der Waals surface area contributed by atoms with E-state index in [4.69, 9.17) is 16.3 Å². The van der Waals surface area contributed by atoms with Crippen LogP contribution in [-0.2, 0) is 11.3 Å². The summed E-state index contributed by atoms with van der Waals surface area (Å²) in [4.78, 5) is 0. The minimum atomic E-state index is 0.579. The van der Waals surface area contributed by atoms with E-state index in [0.717, 1.165) is 21.4 Å². The van der Waals surface area contributed by atoms with Gasteiger partial charge in [0.25, 0.3) is 0 Å². The van der Waals surface area contributed by atoms with E-state index in [1.54, 1.807) is 11.8 Å². The van der Waals surface area contributed by atoms with Crippen LogP contribution in [0.15, 0.2) is 41.4 Å². The fourth-order valence-electron chi connectivity index (χ4n) is 1.55. The standard InChI is InChI=1S/C14H16ClN3OS/c1-20-14-7-6-13(17-18-14)16-8-9-19-10-11-2-4-12(15)5-3-11/h2-7H,8-10H2,1H3,(H,16,17). The lowest BCUT2D eigenvalue weighted by molar-refractivity contribution is 0.130. The van der Waals surface area contributed by atoms with Gasteiger partial charge in [0, 0.05) is 11.6 Å². The summed E-state index contributed by atoms with van der Waals surface area (Å²) in [5.41, 5.74) is 1.11. The summed E-state index contributed by atoms with van der Waals surface area (Å²) in [5.74, 6) is 0.762. The molecule has 1 aromatic carbocycles. The van der Waals surface area contributed by atoms with Crippen molar-refractivity contribution in [3.05, 3.63) is 47.0 Å². The zero-order valence-corrected chi connectivity index (χ0v) is 12.7. The zero-order chi connectivity index (χ0) is 14.2. The molecule has 0 atom stereocenters. The summed E-state index contributed by atoms with van der Waals surface area (Å²) in [6, 6.07) is 11.5. The number of aromatic nitrogens is 2. The Hall–Kier alpha value is -1.30. The summed E-state index contributed by atoms with van der Waals surface area (Å²) in [7, 11) is 0. The third-order valence-corrected chi connectivity index (χ3v) is 3.47. The molecule has 4 nitrogen and oxygen atoms in total. The summed E-state index contributed by atoms with van der Waals surface area (Å²) >= 11 is 7.39. The van der Waals surface area contributed by atoms with Gasteiger partial charge in [0.15, 0.2) is 0 Å². The molecule has 106 valence electrons. The molecular weight excluding hydrogens is 294 g/mol. The van der Waals surface area contributed by atoms with Gasteiger partial charge < -0.3 is 10.1 Å². The maximum Gasteiger partial charge on any atom is 0.148 e. The largest absolute Gasteiger partial charge is 0.375 e. The molecule has 0 saturated heterocycles.